The van der Waals surface area contributed by atoms with Crippen LogP contribution in [0.5, 0.6) is 0 Å². The maximum atomic E-state index is 9.81. The molecule has 0 spiro atoms. The lowest BCUT2D eigenvalue weighted by Gasteiger charge is -2.25. The Morgan fingerprint density at radius 2 is 1.91 bits per heavy atom. The molecule has 0 aliphatic heterocycles. The molecule has 0 unspecified atom stereocenters. The SMILES string of the molecule is Cc1c(-c2cccc(N)c2SN)oc2c(N)ncc(-c3cnn(C4CCC(O)CC4)c3)c12. The number of furan rings is 1. The van der Waals surface area contributed by atoms with Crippen LogP contribution in [0.15, 0.2) is 46.1 Å². The summed E-state index contributed by atoms with van der Waals surface area (Å²) in [7, 11) is 0. The van der Waals surface area contributed by atoms with Crippen molar-refractivity contribution in [3.8, 4) is 22.5 Å². The number of nitrogens with zero attached hydrogens (tertiary/aromatic N) is 3. The van der Waals surface area contributed by atoms with Crippen molar-refractivity contribution in [3.63, 3.8) is 0 Å². The molecule has 7 N–H and O–H groups in total. The second kappa shape index (κ2) is 8.16. The number of nitrogens with two attached hydrogens (primary N) is 3. The van der Waals surface area contributed by atoms with Crippen LogP contribution in [0.1, 0.15) is 37.3 Å². The lowest BCUT2D eigenvalue weighted by atomic mass is 9.93. The van der Waals surface area contributed by atoms with Crippen LogP contribution in [0, 0.1) is 6.92 Å². The number of hydrogen-bond acceptors (Lipinski definition) is 8. The fourth-order valence-electron chi connectivity index (χ4n) is 4.62. The number of fused-ring (bicyclic) bond motifs is 1. The zero-order chi connectivity index (χ0) is 22.4. The summed E-state index contributed by atoms with van der Waals surface area (Å²) in [4.78, 5) is 5.14. The number of benzene rings is 1. The van der Waals surface area contributed by atoms with Crippen molar-refractivity contribution in [2.24, 2.45) is 5.14 Å². The van der Waals surface area contributed by atoms with Gasteiger partial charge in [-0.2, -0.15) is 5.10 Å². The molecule has 32 heavy (non-hydrogen) atoms. The van der Waals surface area contributed by atoms with Gasteiger partial charge in [-0.3, -0.25) is 9.82 Å². The number of aliphatic hydroxyl groups is 1. The van der Waals surface area contributed by atoms with E-state index >= 15 is 0 Å². The molecule has 9 heteroatoms. The van der Waals surface area contributed by atoms with E-state index in [0.717, 1.165) is 70.2 Å². The Morgan fingerprint density at radius 3 is 2.66 bits per heavy atom. The zero-order valence-corrected chi connectivity index (χ0v) is 18.6. The molecule has 0 bridgehead atoms. The first-order chi connectivity index (χ1) is 15.5. The third kappa shape index (κ3) is 3.42. The molecule has 0 saturated heterocycles. The predicted octanol–water partition coefficient (Wildman–Crippen LogP) is 4.27. The quantitative estimate of drug-likeness (QED) is 0.267. The Hall–Kier alpha value is -3.01. The maximum absolute atomic E-state index is 9.81. The van der Waals surface area contributed by atoms with E-state index in [1.807, 2.05) is 42.2 Å². The molecule has 1 saturated carbocycles. The molecule has 0 atom stereocenters. The van der Waals surface area contributed by atoms with Gasteiger partial charge in [0.15, 0.2) is 11.4 Å². The summed E-state index contributed by atoms with van der Waals surface area (Å²) < 4.78 is 8.24. The summed E-state index contributed by atoms with van der Waals surface area (Å²) in [5, 5.41) is 21.2. The van der Waals surface area contributed by atoms with Crippen molar-refractivity contribution in [2.45, 2.75) is 49.6 Å². The van der Waals surface area contributed by atoms with Crippen LogP contribution in [0.2, 0.25) is 0 Å². The van der Waals surface area contributed by atoms with Gasteiger partial charge in [-0.15, -0.1) is 0 Å². The largest absolute Gasteiger partial charge is 0.452 e. The van der Waals surface area contributed by atoms with Gasteiger partial charge in [0.05, 0.1) is 23.2 Å². The topological polar surface area (TPSA) is 142 Å². The Bertz CT molecular complexity index is 1290. The molecule has 4 aromatic rings. The normalized spacial score (nSPS) is 19.0. The second-order valence-electron chi connectivity index (χ2n) is 8.33. The summed E-state index contributed by atoms with van der Waals surface area (Å²) in [5.74, 6) is 1.01. The van der Waals surface area contributed by atoms with Crippen LogP contribution >= 0.6 is 11.9 Å². The van der Waals surface area contributed by atoms with Crippen molar-refractivity contribution < 1.29 is 9.52 Å². The third-order valence-corrected chi connectivity index (χ3v) is 7.03. The zero-order valence-electron chi connectivity index (χ0n) is 17.8. The molecule has 1 aliphatic carbocycles. The Kier molecular flexibility index (Phi) is 5.32. The van der Waals surface area contributed by atoms with Crippen LogP contribution in [0.25, 0.3) is 33.4 Å². The van der Waals surface area contributed by atoms with Crippen molar-refractivity contribution in [3.05, 3.63) is 42.4 Å². The molecular formula is C23H26N6O2S. The smallest absolute Gasteiger partial charge is 0.177 e. The Labute approximate surface area is 189 Å². The molecular weight excluding hydrogens is 424 g/mol. The molecule has 3 aromatic heterocycles. The van der Waals surface area contributed by atoms with E-state index in [2.05, 4.69) is 10.1 Å². The molecule has 5 rings (SSSR count). The minimum absolute atomic E-state index is 0.196. The summed E-state index contributed by atoms with van der Waals surface area (Å²) in [5.41, 5.74) is 17.1. The number of anilines is 2. The van der Waals surface area contributed by atoms with Crippen molar-refractivity contribution >= 4 is 34.4 Å². The molecule has 166 valence electrons. The number of nitrogen functional groups attached to an aromatic ring is 2. The van der Waals surface area contributed by atoms with Gasteiger partial charge in [0, 0.05) is 45.7 Å². The number of aliphatic hydroxyl groups excluding tert-OH is 1. The summed E-state index contributed by atoms with van der Waals surface area (Å²) in [6.07, 6.45) is 8.92. The standard InChI is InChI=1S/C23H26N6O2S/c1-12-19-17(13-9-28-29(11-13)14-5-7-15(30)8-6-14)10-27-23(25)21(19)31-20(12)16-3-2-4-18(24)22(16)32-26/h2-4,9-11,14-15,30H,5-8,24,26H2,1H3,(H2,25,27). The van der Waals surface area contributed by atoms with Gasteiger partial charge in [-0.1, -0.05) is 6.07 Å². The highest BCUT2D eigenvalue weighted by atomic mass is 32.2. The molecule has 8 nitrogen and oxygen atoms in total. The lowest BCUT2D eigenvalue weighted by Crippen LogP contribution is -2.21. The molecule has 3 heterocycles. The molecule has 1 aliphatic rings. The van der Waals surface area contributed by atoms with Gasteiger partial charge in [0.25, 0.3) is 0 Å². The maximum Gasteiger partial charge on any atom is 0.177 e. The first-order valence-corrected chi connectivity index (χ1v) is 11.5. The number of pyridine rings is 1. The minimum Gasteiger partial charge on any atom is -0.452 e. The number of rotatable bonds is 4. The average molecular weight is 451 g/mol. The van der Waals surface area contributed by atoms with Crippen LogP contribution < -0.4 is 16.6 Å². The predicted molar refractivity (Wildman–Crippen MR) is 128 cm³/mol. The van der Waals surface area contributed by atoms with Crippen LogP contribution in [-0.2, 0) is 0 Å². The van der Waals surface area contributed by atoms with Crippen LogP contribution in [-0.4, -0.2) is 26.0 Å². The van der Waals surface area contributed by atoms with E-state index in [-0.39, 0.29) is 6.10 Å². The van der Waals surface area contributed by atoms with E-state index in [1.54, 1.807) is 6.20 Å². The highest BCUT2D eigenvalue weighted by Crippen LogP contribution is 2.43. The summed E-state index contributed by atoms with van der Waals surface area (Å²) in [6.45, 7) is 2.01. The fourth-order valence-corrected chi connectivity index (χ4v) is 5.11. The molecule has 0 radical (unpaired) electrons. The molecule has 0 amide bonds. The van der Waals surface area contributed by atoms with Crippen molar-refractivity contribution in [1.29, 1.82) is 0 Å². The van der Waals surface area contributed by atoms with Crippen LogP contribution in [0.4, 0.5) is 11.5 Å². The summed E-state index contributed by atoms with van der Waals surface area (Å²) in [6, 6.07) is 5.93. The van der Waals surface area contributed by atoms with E-state index in [0.29, 0.717) is 28.9 Å². The molecule has 1 aromatic carbocycles. The highest BCUT2D eigenvalue weighted by molar-refractivity contribution is 7.97. The first kappa shape index (κ1) is 20.9. The third-order valence-electron chi connectivity index (χ3n) is 6.34. The van der Waals surface area contributed by atoms with E-state index < -0.39 is 0 Å². The average Bonchev–Trinajstić information content (AvgIpc) is 3.41. The van der Waals surface area contributed by atoms with E-state index in [9.17, 15) is 5.11 Å². The second-order valence-corrected chi connectivity index (χ2v) is 8.97. The van der Waals surface area contributed by atoms with Gasteiger partial charge >= 0.3 is 0 Å². The molecule has 1 fully saturated rings. The van der Waals surface area contributed by atoms with Gasteiger partial charge in [0.1, 0.15) is 5.76 Å². The Balaban J connectivity index is 1.62. The number of aromatic nitrogens is 3. The highest BCUT2D eigenvalue weighted by Gasteiger charge is 2.24. The van der Waals surface area contributed by atoms with E-state index in [4.69, 9.17) is 21.0 Å². The monoisotopic (exact) mass is 450 g/mol. The van der Waals surface area contributed by atoms with Crippen LogP contribution in [0.3, 0.4) is 0 Å². The van der Waals surface area contributed by atoms with Gasteiger partial charge in [-0.25, -0.2) is 4.98 Å². The number of aryl methyl sites for hydroxylation is 1. The van der Waals surface area contributed by atoms with Gasteiger partial charge < -0.3 is 21.0 Å². The lowest BCUT2D eigenvalue weighted by molar-refractivity contribution is 0.108. The first-order valence-electron chi connectivity index (χ1n) is 10.6. The fraction of sp³-hybridized carbons (Fsp3) is 0.304. The van der Waals surface area contributed by atoms with Crippen molar-refractivity contribution in [2.75, 3.05) is 11.5 Å². The Morgan fingerprint density at radius 1 is 1.12 bits per heavy atom. The van der Waals surface area contributed by atoms with Crippen molar-refractivity contribution in [1.82, 2.24) is 14.8 Å². The number of hydrogen-bond donors (Lipinski definition) is 4. The van der Waals surface area contributed by atoms with Gasteiger partial charge in [-0.05, 0) is 56.7 Å². The minimum atomic E-state index is -0.196. The summed E-state index contributed by atoms with van der Waals surface area (Å²) >= 11 is 1.10. The van der Waals surface area contributed by atoms with Gasteiger partial charge in [0.2, 0.25) is 0 Å². The van der Waals surface area contributed by atoms with E-state index in [1.165, 1.54) is 0 Å².